The molecule has 1 heterocycles. The monoisotopic (exact) mass is 308 g/mol. The highest BCUT2D eigenvalue weighted by atomic mass is 19.1. The second-order valence-electron chi connectivity index (χ2n) is 6.32. The maximum absolute atomic E-state index is 14.1. The molecule has 0 bridgehead atoms. The molecule has 0 saturated heterocycles. The van der Waals surface area contributed by atoms with Crippen molar-refractivity contribution in [1.29, 1.82) is 0 Å². The van der Waals surface area contributed by atoms with E-state index in [0.29, 0.717) is 24.2 Å². The van der Waals surface area contributed by atoms with Gasteiger partial charge in [-0.3, -0.25) is 4.79 Å². The summed E-state index contributed by atoms with van der Waals surface area (Å²) in [6.07, 6.45) is 7.08. The molecule has 1 saturated carbocycles. The summed E-state index contributed by atoms with van der Waals surface area (Å²) in [6.45, 7) is 0.777. The van der Waals surface area contributed by atoms with Crippen LogP contribution in [0.5, 0.6) is 0 Å². The molecule has 0 unspecified atom stereocenters. The summed E-state index contributed by atoms with van der Waals surface area (Å²) in [5.41, 5.74) is 1.06. The third-order valence-electron chi connectivity index (χ3n) is 4.60. The fraction of sp³-hybridized carbons (Fsp3) is 0.588. The molecular weight excluding hydrogens is 286 g/mol. The van der Waals surface area contributed by atoms with Gasteiger partial charge in [-0.05, 0) is 37.3 Å². The number of rotatable bonds is 3. The quantitative estimate of drug-likeness (QED) is 0.930. The van der Waals surface area contributed by atoms with Crippen LogP contribution in [0.4, 0.5) is 14.5 Å². The van der Waals surface area contributed by atoms with Gasteiger partial charge in [0.05, 0.1) is 12.2 Å². The van der Waals surface area contributed by atoms with Crippen LogP contribution in [0, 0.1) is 11.6 Å². The molecule has 1 aromatic rings. The molecule has 1 aromatic carbocycles. The number of fused-ring (bicyclic) bond motifs is 1. The van der Waals surface area contributed by atoms with E-state index in [9.17, 15) is 13.6 Å². The standard InChI is InChI=1S/C17H22F2N2O/c18-13-9-12-5-4-8-21(17(12)15(19)10-13)11-16(22)20-14-6-2-1-3-7-14/h9-10,14H,1-8,11H2,(H,20,22). The van der Waals surface area contributed by atoms with Gasteiger partial charge >= 0.3 is 0 Å². The Labute approximate surface area is 129 Å². The number of hydrogen-bond donors (Lipinski definition) is 1. The van der Waals surface area contributed by atoms with Gasteiger partial charge in [-0.25, -0.2) is 8.78 Å². The molecule has 1 fully saturated rings. The maximum Gasteiger partial charge on any atom is 0.239 e. The average molecular weight is 308 g/mol. The number of amides is 1. The highest BCUT2D eigenvalue weighted by molar-refractivity contribution is 5.82. The molecule has 0 aromatic heterocycles. The van der Waals surface area contributed by atoms with E-state index in [1.807, 2.05) is 0 Å². The van der Waals surface area contributed by atoms with Gasteiger partial charge in [0.25, 0.3) is 0 Å². The van der Waals surface area contributed by atoms with Crippen molar-refractivity contribution in [3.63, 3.8) is 0 Å². The zero-order chi connectivity index (χ0) is 15.5. The van der Waals surface area contributed by atoms with Crippen molar-refractivity contribution in [1.82, 2.24) is 5.32 Å². The first-order chi connectivity index (χ1) is 10.6. The third kappa shape index (κ3) is 3.39. The van der Waals surface area contributed by atoms with Crippen molar-refractivity contribution in [2.75, 3.05) is 18.0 Å². The fourth-order valence-electron chi connectivity index (χ4n) is 3.59. The molecule has 2 aliphatic rings. The van der Waals surface area contributed by atoms with Gasteiger partial charge in [-0.1, -0.05) is 19.3 Å². The molecule has 3 rings (SSSR count). The smallest absolute Gasteiger partial charge is 0.239 e. The van der Waals surface area contributed by atoms with Gasteiger partial charge in [0.1, 0.15) is 11.6 Å². The summed E-state index contributed by atoms with van der Waals surface area (Å²) >= 11 is 0. The van der Waals surface area contributed by atoms with E-state index in [1.54, 1.807) is 4.90 Å². The van der Waals surface area contributed by atoms with Gasteiger partial charge < -0.3 is 10.2 Å². The van der Waals surface area contributed by atoms with Crippen LogP contribution in [0.2, 0.25) is 0 Å². The van der Waals surface area contributed by atoms with Gasteiger partial charge in [-0.15, -0.1) is 0 Å². The minimum atomic E-state index is -0.569. The van der Waals surface area contributed by atoms with E-state index >= 15 is 0 Å². The van der Waals surface area contributed by atoms with Crippen LogP contribution in [0.1, 0.15) is 44.1 Å². The Kier molecular flexibility index (Phi) is 4.60. The van der Waals surface area contributed by atoms with Gasteiger partial charge in [0.2, 0.25) is 5.91 Å². The largest absolute Gasteiger partial charge is 0.360 e. The summed E-state index contributed by atoms with van der Waals surface area (Å²) in [6, 6.07) is 2.53. The van der Waals surface area contributed by atoms with E-state index in [-0.39, 0.29) is 18.5 Å². The summed E-state index contributed by atoms with van der Waals surface area (Å²) < 4.78 is 27.4. The number of hydrogen-bond acceptors (Lipinski definition) is 2. The zero-order valence-corrected chi connectivity index (χ0v) is 12.7. The number of nitrogens with one attached hydrogen (secondary N) is 1. The van der Waals surface area contributed by atoms with Crippen molar-refractivity contribution in [2.24, 2.45) is 0 Å². The van der Waals surface area contributed by atoms with Crippen molar-refractivity contribution >= 4 is 11.6 Å². The second kappa shape index (κ2) is 6.63. The molecule has 5 heteroatoms. The first-order valence-electron chi connectivity index (χ1n) is 8.16. The Morgan fingerprint density at radius 2 is 1.95 bits per heavy atom. The predicted molar refractivity (Wildman–Crippen MR) is 81.9 cm³/mol. The summed E-state index contributed by atoms with van der Waals surface area (Å²) in [5, 5.41) is 3.05. The molecule has 0 atom stereocenters. The summed E-state index contributed by atoms with van der Waals surface area (Å²) in [4.78, 5) is 14.0. The van der Waals surface area contributed by atoms with E-state index in [0.717, 1.165) is 38.2 Å². The van der Waals surface area contributed by atoms with Crippen LogP contribution >= 0.6 is 0 Å². The topological polar surface area (TPSA) is 32.3 Å². The van der Waals surface area contributed by atoms with Crippen LogP contribution in [0.3, 0.4) is 0 Å². The number of halogens is 2. The van der Waals surface area contributed by atoms with Gasteiger partial charge in [0, 0.05) is 18.7 Å². The SMILES string of the molecule is O=C(CN1CCCc2cc(F)cc(F)c21)NC1CCCCC1. The zero-order valence-electron chi connectivity index (χ0n) is 12.7. The molecule has 1 N–H and O–H groups in total. The highest BCUT2D eigenvalue weighted by Crippen LogP contribution is 2.30. The molecular formula is C17H22F2N2O. The van der Waals surface area contributed by atoms with Crippen LogP contribution in [0.15, 0.2) is 12.1 Å². The van der Waals surface area contributed by atoms with Crippen LogP contribution in [0.25, 0.3) is 0 Å². The Hall–Kier alpha value is -1.65. The maximum atomic E-state index is 14.1. The minimum Gasteiger partial charge on any atom is -0.360 e. The lowest BCUT2D eigenvalue weighted by molar-refractivity contribution is -0.120. The number of carbonyl (C=O) groups excluding carboxylic acids is 1. The number of benzene rings is 1. The van der Waals surface area contributed by atoms with E-state index < -0.39 is 11.6 Å². The van der Waals surface area contributed by atoms with Crippen molar-refractivity contribution in [3.05, 3.63) is 29.3 Å². The molecule has 1 aliphatic carbocycles. The lowest BCUT2D eigenvalue weighted by Crippen LogP contribution is -2.44. The van der Waals surface area contributed by atoms with E-state index in [4.69, 9.17) is 0 Å². The van der Waals surface area contributed by atoms with Crippen molar-refractivity contribution < 1.29 is 13.6 Å². The van der Waals surface area contributed by atoms with Gasteiger partial charge in [0.15, 0.2) is 0 Å². The van der Waals surface area contributed by atoms with Crippen LogP contribution in [-0.2, 0) is 11.2 Å². The molecule has 1 aliphatic heterocycles. The lowest BCUT2D eigenvalue weighted by atomic mass is 9.95. The number of aryl methyl sites for hydroxylation is 1. The Morgan fingerprint density at radius 3 is 2.73 bits per heavy atom. The molecule has 0 spiro atoms. The number of anilines is 1. The van der Waals surface area contributed by atoms with Gasteiger partial charge in [-0.2, -0.15) is 0 Å². The Bertz CT molecular complexity index is 556. The molecule has 1 amide bonds. The molecule has 22 heavy (non-hydrogen) atoms. The summed E-state index contributed by atoms with van der Waals surface area (Å²) in [5.74, 6) is -1.19. The average Bonchev–Trinajstić information content (AvgIpc) is 2.47. The first kappa shape index (κ1) is 15.3. The first-order valence-corrected chi connectivity index (χ1v) is 8.16. The van der Waals surface area contributed by atoms with E-state index in [2.05, 4.69) is 5.32 Å². The molecule has 0 radical (unpaired) electrons. The molecule has 3 nitrogen and oxygen atoms in total. The van der Waals surface area contributed by atoms with Crippen molar-refractivity contribution in [3.8, 4) is 0 Å². The lowest BCUT2D eigenvalue weighted by Gasteiger charge is -2.32. The third-order valence-corrected chi connectivity index (χ3v) is 4.60. The minimum absolute atomic E-state index is 0.0662. The van der Waals surface area contributed by atoms with Crippen LogP contribution in [-0.4, -0.2) is 25.0 Å². The molecule has 120 valence electrons. The van der Waals surface area contributed by atoms with Crippen LogP contribution < -0.4 is 10.2 Å². The highest BCUT2D eigenvalue weighted by Gasteiger charge is 2.24. The van der Waals surface area contributed by atoms with E-state index in [1.165, 1.54) is 12.5 Å². The summed E-state index contributed by atoms with van der Waals surface area (Å²) in [7, 11) is 0. The Balaban J connectivity index is 1.67. The normalized spacial score (nSPS) is 18.9. The van der Waals surface area contributed by atoms with Crippen molar-refractivity contribution in [2.45, 2.75) is 51.0 Å². The number of carbonyl (C=O) groups is 1. The fourth-order valence-corrected chi connectivity index (χ4v) is 3.59. The predicted octanol–water partition coefficient (Wildman–Crippen LogP) is 3.17. The second-order valence-corrected chi connectivity index (χ2v) is 6.32. The Morgan fingerprint density at radius 1 is 1.18 bits per heavy atom. The number of nitrogens with zero attached hydrogens (tertiary/aromatic N) is 1.